The molecule has 0 saturated heterocycles. The first-order chi connectivity index (χ1) is 9.60. The molecular formula is C14H12ClNO4. The average Bonchev–Trinajstić information content (AvgIpc) is 2.39. The van der Waals surface area contributed by atoms with E-state index in [0.717, 1.165) is 6.20 Å². The molecule has 104 valence electrons. The number of carbonyl (C=O) groups is 1. The Morgan fingerprint density at radius 2 is 2.10 bits per heavy atom. The van der Waals surface area contributed by atoms with Crippen LogP contribution in [0.4, 0.5) is 0 Å². The minimum absolute atomic E-state index is 0.0923. The lowest BCUT2D eigenvalue weighted by Crippen LogP contribution is -2.34. The third-order valence-corrected chi connectivity index (χ3v) is 2.64. The van der Waals surface area contributed by atoms with E-state index in [1.165, 1.54) is 12.1 Å². The first-order valence-corrected chi connectivity index (χ1v) is 6.31. The van der Waals surface area contributed by atoms with Gasteiger partial charge in [-0.15, -0.1) is 0 Å². The van der Waals surface area contributed by atoms with Crippen LogP contribution >= 0.6 is 11.6 Å². The second kappa shape index (κ2) is 6.25. The minimum Gasteiger partial charge on any atom is -0.618 e. The van der Waals surface area contributed by atoms with Crippen LogP contribution in [-0.2, 0) is 4.74 Å². The number of hydrogen-bond acceptors (Lipinski definition) is 4. The van der Waals surface area contributed by atoms with Gasteiger partial charge in [0.15, 0.2) is 5.75 Å². The van der Waals surface area contributed by atoms with Crippen LogP contribution in [0.15, 0.2) is 42.6 Å². The molecule has 0 amide bonds. The van der Waals surface area contributed by atoms with E-state index < -0.39 is 5.97 Å². The number of carbonyl (C=O) groups excluding carboxylic acids is 1. The second-order valence-corrected chi connectivity index (χ2v) is 4.29. The lowest BCUT2D eigenvalue weighted by Gasteiger charge is -2.07. The summed E-state index contributed by atoms with van der Waals surface area (Å²) in [6.45, 7) is 1.88. The highest BCUT2D eigenvalue weighted by Crippen LogP contribution is 2.23. The van der Waals surface area contributed by atoms with Gasteiger partial charge in [-0.05, 0) is 31.2 Å². The summed E-state index contributed by atoms with van der Waals surface area (Å²) in [5.74, 6) is 0.133. The Kier molecular flexibility index (Phi) is 4.42. The molecule has 0 atom stereocenters. The predicted molar refractivity (Wildman–Crippen MR) is 72.9 cm³/mol. The molecule has 2 aromatic rings. The summed E-state index contributed by atoms with van der Waals surface area (Å²) in [4.78, 5) is 11.5. The topological polar surface area (TPSA) is 62.5 Å². The lowest BCUT2D eigenvalue weighted by molar-refractivity contribution is -0.608. The monoisotopic (exact) mass is 293 g/mol. The van der Waals surface area contributed by atoms with E-state index in [4.69, 9.17) is 21.1 Å². The third kappa shape index (κ3) is 3.39. The van der Waals surface area contributed by atoms with Gasteiger partial charge in [0, 0.05) is 11.1 Å². The Morgan fingerprint density at radius 1 is 1.30 bits per heavy atom. The molecule has 2 rings (SSSR count). The zero-order chi connectivity index (χ0) is 14.5. The number of ether oxygens (including phenoxy) is 2. The smallest absolute Gasteiger partial charge is 0.405 e. The Balaban J connectivity index is 2.19. The Bertz CT molecular complexity index is 630. The molecule has 6 heteroatoms. The van der Waals surface area contributed by atoms with Gasteiger partial charge in [-0.3, -0.25) is 0 Å². The standard InChI is InChI=1S/C14H12ClNO4/c1-2-19-14(17)13-7-6-12(9-16(13)18)20-11-5-3-4-10(15)8-11/h3-9H,2H2,1H3. The van der Waals surface area contributed by atoms with E-state index >= 15 is 0 Å². The van der Waals surface area contributed by atoms with Crippen molar-refractivity contribution in [2.24, 2.45) is 0 Å². The van der Waals surface area contributed by atoms with Crippen molar-refractivity contribution in [3.8, 4) is 11.5 Å². The molecule has 1 heterocycles. The van der Waals surface area contributed by atoms with Crippen molar-refractivity contribution in [2.45, 2.75) is 6.92 Å². The normalized spacial score (nSPS) is 10.1. The van der Waals surface area contributed by atoms with Crippen LogP contribution in [0.25, 0.3) is 0 Å². The molecule has 0 saturated carbocycles. The molecule has 0 radical (unpaired) electrons. The number of pyridine rings is 1. The lowest BCUT2D eigenvalue weighted by atomic mass is 10.3. The quantitative estimate of drug-likeness (QED) is 0.494. The molecule has 0 bridgehead atoms. The minimum atomic E-state index is -0.670. The summed E-state index contributed by atoms with van der Waals surface area (Å²) >= 11 is 5.84. The number of benzene rings is 1. The maximum absolute atomic E-state index is 11.7. The molecule has 0 aliphatic carbocycles. The zero-order valence-electron chi connectivity index (χ0n) is 10.7. The van der Waals surface area contributed by atoms with E-state index in [2.05, 4.69) is 0 Å². The van der Waals surface area contributed by atoms with E-state index in [9.17, 15) is 10.0 Å². The molecule has 0 N–H and O–H groups in total. The summed E-state index contributed by atoms with van der Waals surface area (Å²) < 4.78 is 10.7. The van der Waals surface area contributed by atoms with Crippen LogP contribution in [-0.4, -0.2) is 12.6 Å². The van der Waals surface area contributed by atoms with Crippen molar-refractivity contribution in [1.29, 1.82) is 0 Å². The van der Waals surface area contributed by atoms with Gasteiger partial charge in [-0.25, -0.2) is 4.79 Å². The maximum atomic E-state index is 11.7. The van der Waals surface area contributed by atoms with Gasteiger partial charge in [-0.1, -0.05) is 17.7 Å². The molecule has 0 aliphatic heterocycles. The fourth-order valence-electron chi connectivity index (χ4n) is 1.55. The Labute approximate surface area is 120 Å². The largest absolute Gasteiger partial charge is 0.618 e. The van der Waals surface area contributed by atoms with Crippen molar-refractivity contribution in [1.82, 2.24) is 0 Å². The summed E-state index contributed by atoms with van der Waals surface area (Å²) in [6, 6.07) is 9.64. The first kappa shape index (κ1) is 14.1. The predicted octanol–water partition coefficient (Wildman–Crippen LogP) is 2.94. The van der Waals surface area contributed by atoms with Gasteiger partial charge < -0.3 is 14.7 Å². The highest BCUT2D eigenvalue weighted by atomic mass is 35.5. The van der Waals surface area contributed by atoms with Crippen molar-refractivity contribution < 1.29 is 19.0 Å². The van der Waals surface area contributed by atoms with E-state index in [0.29, 0.717) is 21.3 Å². The third-order valence-electron chi connectivity index (χ3n) is 2.40. The zero-order valence-corrected chi connectivity index (χ0v) is 11.5. The molecule has 20 heavy (non-hydrogen) atoms. The molecule has 5 nitrogen and oxygen atoms in total. The average molecular weight is 294 g/mol. The van der Waals surface area contributed by atoms with Crippen LogP contribution in [0.5, 0.6) is 11.5 Å². The molecule has 0 unspecified atom stereocenters. The number of halogens is 1. The number of hydrogen-bond donors (Lipinski definition) is 0. The highest BCUT2D eigenvalue weighted by Gasteiger charge is 2.18. The van der Waals surface area contributed by atoms with Crippen LogP contribution < -0.4 is 9.47 Å². The second-order valence-electron chi connectivity index (χ2n) is 3.86. The van der Waals surface area contributed by atoms with Crippen LogP contribution in [0.3, 0.4) is 0 Å². The van der Waals surface area contributed by atoms with Gasteiger partial charge in [0.1, 0.15) is 5.75 Å². The van der Waals surface area contributed by atoms with E-state index in [-0.39, 0.29) is 12.3 Å². The first-order valence-electron chi connectivity index (χ1n) is 5.94. The number of nitrogens with zero attached hydrogens (tertiary/aromatic N) is 1. The number of esters is 1. The summed E-state index contributed by atoms with van der Waals surface area (Å²) in [6.07, 6.45) is 1.16. The molecule has 0 aliphatic rings. The van der Waals surface area contributed by atoms with E-state index in [1.54, 1.807) is 31.2 Å². The van der Waals surface area contributed by atoms with Crippen molar-refractivity contribution in [2.75, 3.05) is 6.61 Å². The molecule has 1 aromatic carbocycles. The van der Waals surface area contributed by atoms with Gasteiger partial charge in [0.05, 0.1) is 6.61 Å². The molecule has 0 spiro atoms. The SMILES string of the molecule is CCOC(=O)c1ccc(Oc2cccc(Cl)c2)c[n+]1[O-]. The maximum Gasteiger partial charge on any atom is 0.405 e. The fraction of sp³-hybridized carbons (Fsp3) is 0.143. The Hall–Kier alpha value is -2.27. The van der Waals surface area contributed by atoms with Crippen LogP contribution in [0.2, 0.25) is 5.02 Å². The van der Waals surface area contributed by atoms with Gasteiger partial charge >= 0.3 is 11.7 Å². The van der Waals surface area contributed by atoms with Crippen molar-refractivity contribution in [3.05, 3.63) is 58.5 Å². The van der Waals surface area contributed by atoms with Gasteiger partial charge in [-0.2, -0.15) is 4.73 Å². The van der Waals surface area contributed by atoms with Crippen molar-refractivity contribution in [3.63, 3.8) is 0 Å². The summed E-state index contributed by atoms with van der Waals surface area (Å²) in [7, 11) is 0. The van der Waals surface area contributed by atoms with E-state index in [1.807, 2.05) is 0 Å². The molecular weight excluding hydrogens is 282 g/mol. The summed E-state index contributed by atoms with van der Waals surface area (Å²) in [5, 5.41) is 12.3. The highest BCUT2D eigenvalue weighted by molar-refractivity contribution is 6.30. The van der Waals surface area contributed by atoms with Gasteiger partial charge in [0.25, 0.3) is 0 Å². The van der Waals surface area contributed by atoms with Gasteiger partial charge in [0.2, 0.25) is 6.20 Å². The summed E-state index contributed by atoms with van der Waals surface area (Å²) in [5.41, 5.74) is -0.0923. The van der Waals surface area contributed by atoms with Crippen LogP contribution in [0.1, 0.15) is 17.4 Å². The molecule has 1 aromatic heterocycles. The van der Waals surface area contributed by atoms with Crippen LogP contribution in [0, 0.1) is 5.21 Å². The number of aromatic nitrogens is 1. The Morgan fingerprint density at radius 3 is 2.75 bits per heavy atom. The fourth-order valence-corrected chi connectivity index (χ4v) is 1.73. The van der Waals surface area contributed by atoms with Crippen molar-refractivity contribution >= 4 is 17.6 Å². The number of rotatable bonds is 4. The molecule has 0 fully saturated rings.